The first-order valence-corrected chi connectivity index (χ1v) is 6.68. The topological polar surface area (TPSA) is 85.8 Å². The number of aromatic nitrogens is 3. The molecule has 7 heteroatoms. The number of benzene rings is 1. The van der Waals surface area contributed by atoms with Gasteiger partial charge in [0.2, 0.25) is 0 Å². The Balaban J connectivity index is 2.05. The smallest absolute Gasteiger partial charge is 0.273 e. The fourth-order valence-electron chi connectivity index (χ4n) is 1.88. The molecule has 0 aliphatic carbocycles. The largest absolute Gasteiger partial charge is 0.344 e. The molecular weight excluding hydrogens is 273 g/mol. The zero-order valence-corrected chi connectivity index (χ0v) is 12.0. The molecule has 0 aliphatic heterocycles. The summed E-state index contributed by atoms with van der Waals surface area (Å²) >= 11 is 0. The Morgan fingerprint density at radius 2 is 2.29 bits per heavy atom. The SMILES string of the molecule is Cc1ccc(C(C)NC(=O)c2cn(CCN)nn2)cc1F. The summed E-state index contributed by atoms with van der Waals surface area (Å²) in [4.78, 5) is 12.0. The summed E-state index contributed by atoms with van der Waals surface area (Å²) in [6, 6.07) is 4.57. The van der Waals surface area contributed by atoms with E-state index in [1.165, 1.54) is 16.9 Å². The van der Waals surface area contributed by atoms with Gasteiger partial charge in [0, 0.05) is 6.54 Å². The number of carbonyl (C=O) groups excluding carboxylic acids is 1. The number of halogens is 1. The zero-order chi connectivity index (χ0) is 15.4. The van der Waals surface area contributed by atoms with Crippen molar-refractivity contribution in [1.29, 1.82) is 0 Å². The monoisotopic (exact) mass is 291 g/mol. The molecule has 2 rings (SSSR count). The molecular formula is C14H18FN5O. The fraction of sp³-hybridized carbons (Fsp3) is 0.357. The minimum atomic E-state index is -0.355. The molecule has 1 unspecified atom stereocenters. The van der Waals surface area contributed by atoms with E-state index in [2.05, 4.69) is 15.6 Å². The number of rotatable bonds is 5. The Labute approximate surface area is 122 Å². The molecule has 0 spiro atoms. The molecule has 6 nitrogen and oxygen atoms in total. The zero-order valence-electron chi connectivity index (χ0n) is 12.0. The lowest BCUT2D eigenvalue weighted by molar-refractivity contribution is 0.0934. The van der Waals surface area contributed by atoms with E-state index in [-0.39, 0.29) is 23.5 Å². The van der Waals surface area contributed by atoms with Crippen molar-refractivity contribution in [3.8, 4) is 0 Å². The van der Waals surface area contributed by atoms with Gasteiger partial charge in [-0.15, -0.1) is 5.10 Å². The average molecular weight is 291 g/mol. The van der Waals surface area contributed by atoms with Crippen LogP contribution in [0.25, 0.3) is 0 Å². The van der Waals surface area contributed by atoms with Crippen molar-refractivity contribution in [3.05, 3.63) is 47.0 Å². The predicted octanol–water partition coefficient (Wildman–Crippen LogP) is 1.18. The van der Waals surface area contributed by atoms with E-state index >= 15 is 0 Å². The number of carbonyl (C=O) groups is 1. The van der Waals surface area contributed by atoms with Crippen LogP contribution in [0.15, 0.2) is 24.4 Å². The molecule has 1 aromatic carbocycles. The van der Waals surface area contributed by atoms with Crippen LogP contribution in [0.1, 0.15) is 34.6 Å². The van der Waals surface area contributed by atoms with Crippen LogP contribution in [0.4, 0.5) is 4.39 Å². The van der Waals surface area contributed by atoms with Gasteiger partial charge < -0.3 is 11.1 Å². The lowest BCUT2D eigenvalue weighted by atomic mass is 10.1. The van der Waals surface area contributed by atoms with Gasteiger partial charge in [-0.05, 0) is 31.0 Å². The van der Waals surface area contributed by atoms with E-state index in [1.807, 2.05) is 0 Å². The quantitative estimate of drug-likeness (QED) is 0.866. The first-order valence-electron chi connectivity index (χ1n) is 6.68. The van der Waals surface area contributed by atoms with Crippen LogP contribution in [0.2, 0.25) is 0 Å². The summed E-state index contributed by atoms with van der Waals surface area (Å²) < 4.78 is 15.0. The predicted molar refractivity (Wildman–Crippen MR) is 76.1 cm³/mol. The van der Waals surface area contributed by atoms with Crippen LogP contribution < -0.4 is 11.1 Å². The second-order valence-electron chi connectivity index (χ2n) is 4.86. The molecule has 1 amide bonds. The van der Waals surface area contributed by atoms with Crippen LogP contribution in [0.3, 0.4) is 0 Å². The summed E-state index contributed by atoms with van der Waals surface area (Å²) in [5.74, 6) is -0.644. The second-order valence-corrected chi connectivity index (χ2v) is 4.86. The maximum atomic E-state index is 13.5. The summed E-state index contributed by atoms with van der Waals surface area (Å²) in [5, 5.41) is 10.3. The third-order valence-corrected chi connectivity index (χ3v) is 3.17. The van der Waals surface area contributed by atoms with E-state index < -0.39 is 0 Å². The maximum Gasteiger partial charge on any atom is 0.273 e. The Bertz CT molecular complexity index is 640. The summed E-state index contributed by atoms with van der Waals surface area (Å²) in [6.45, 7) is 4.40. The minimum Gasteiger partial charge on any atom is -0.344 e. The highest BCUT2D eigenvalue weighted by Crippen LogP contribution is 2.16. The van der Waals surface area contributed by atoms with Gasteiger partial charge in [0.25, 0.3) is 5.91 Å². The van der Waals surface area contributed by atoms with Crippen LogP contribution in [0, 0.1) is 12.7 Å². The number of amides is 1. The van der Waals surface area contributed by atoms with E-state index in [0.717, 1.165) is 0 Å². The van der Waals surface area contributed by atoms with Crippen molar-refractivity contribution in [2.75, 3.05) is 6.54 Å². The van der Waals surface area contributed by atoms with Gasteiger partial charge in [-0.3, -0.25) is 9.48 Å². The average Bonchev–Trinajstić information content (AvgIpc) is 2.91. The lowest BCUT2D eigenvalue weighted by Gasteiger charge is -2.13. The molecule has 0 bridgehead atoms. The highest BCUT2D eigenvalue weighted by molar-refractivity contribution is 5.92. The Morgan fingerprint density at radius 1 is 1.52 bits per heavy atom. The molecule has 0 radical (unpaired) electrons. The molecule has 0 saturated carbocycles. The van der Waals surface area contributed by atoms with E-state index in [0.29, 0.717) is 24.2 Å². The van der Waals surface area contributed by atoms with Crippen LogP contribution >= 0.6 is 0 Å². The molecule has 0 saturated heterocycles. The van der Waals surface area contributed by atoms with Crippen LogP contribution in [-0.2, 0) is 6.54 Å². The normalized spacial score (nSPS) is 12.2. The van der Waals surface area contributed by atoms with E-state index in [1.54, 1.807) is 26.0 Å². The molecule has 2 aromatic rings. The summed E-state index contributed by atoms with van der Waals surface area (Å²) in [6.07, 6.45) is 1.53. The van der Waals surface area contributed by atoms with Crippen molar-refractivity contribution in [1.82, 2.24) is 20.3 Å². The number of hydrogen-bond donors (Lipinski definition) is 2. The van der Waals surface area contributed by atoms with Crippen molar-refractivity contribution in [2.45, 2.75) is 26.4 Å². The Kier molecular flexibility index (Phi) is 4.64. The van der Waals surface area contributed by atoms with Gasteiger partial charge in [0.05, 0.1) is 18.8 Å². The summed E-state index contributed by atoms with van der Waals surface area (Å²) in [7, 11) is 0. The number of nitrogens with two attached hydrogens (primary N) is 1. The highest BCUT2D eigenvalue weighted by Gasteiger charge is 2.15. The molecule has 1 aromatic heterocycles. The third-order valence-electron chi connectivity index (χ3n) is 3.17. The van der Waals surface area contributed by atoms with Gasteiger partial charge in [0.15, 0.2) is 5.69 Å². The lowest BCUT2D eigenvalue weighted by Crippen LogP contribution is -2.27. The number of nitrogens with zero attached hydrogens (tertiary/aromatic N) is 3. The van der Waals surface area contributed by atoms with Gasteiger partial charge in [0.1, 0.15) is 5.82 Å². The van der Waals surface area contributed by atoms with Gasteiger partial charge in [-0.1, -0.05) is 17.3 Å². The molecule has 1 heterocycles. The Hall–Kier alpha value is -2.28. The molecule has 3 N–H and O–H groups in total. The van der Waals surface area contributed by atoms with Gasteiger partial charge in [-0.2, -0.15) is 0 Å². The molecule has 0 fully saturated rings. The van der Waals surface area contributed by atoms with E-state index in [9.17, 15) is 9.18 Å². The number of aryl methyl sites for hydroxylation is 1. The maximum absolute atomic E-state index is 13.5. The fourth-order valence-corrected chi connectivity index (χ4v) is 1.88. The van der Waals surface area contributed by atoms with Crippen molar-refractivity contribution < 1.29 is 9.18 Å². The molecule has 21 heavy (non-hydrogen) atoms. The van der Waals surface area contributed by atoms with Crippen molar-refractivity contribution >= 4 is 5.91 Å². The Morgan fingerprint density at radius 3 is 2.95 bits per heavy atom. The van der Waals surface area contributed by atoms with Gasteiger partial charge >= 0.3 is 0 Å². The second kappa shape index (κ2) is 6.45. The highest BCUT2D eigenvalue weighted by atomic mass is 19.1. The van der Waals surface area contributed by atoms with Crippen molar-refractivity contribution in [3.63, 3.8) is 0 Å². The van der Waals surface area contributed by atoms with Crippen LogP contribution in [0.5, 0.6) is 0 Å². The number of nitrogens with one attached hydrogen (secondary N) is 1. The van der Waals surface area contributed by atoms with Gasteiger partial charge in [-0.25, -0.2) is 4.39 Å². The summed E-state index contributed by atoms with van der Waals surface area (Å²) in [5.41, 5.74) is 6.88. The number of hydrogen-bond acceptors (Lipinski definition) is 4. The van der Waals surface area contributed by atoms with Crippen LogP contribution in [-0.4, -0.2) is 27.4 Å². The minimum absolute atomic E-state index is 0.211. The first-order chi connectivity index (χ1) is 10.0. The first kappa shape index (κ1) is 15.1. The van der Waals surface area contributed by atoms with E-state index in [4.69, 9.17) is 5.73 Å². The molecule has 1 atom stereocenters. The molecule has 0 aliphatic rings. The molecule has 112 valence electrons. The van der Waals surface area contributed by atoms with Crippen molar-refractivity contribution in [2.24, 2.45) is 5.73 Å². The standard InChI is InChI=1S/C14H18FN5O/c1-9-3-4-11(7-12(9)15)10(2)17-14(21)13-8-20(6-5-16)19-18-13/h3-4,7-8,10H,5-6,16H2,1-2H3,(H,17,21). The third kappa shape index (κ3) is 3.63.